The van der Waals surface area contributed by atoms with Crippen LogP contribution in [0.3, 0.4) is 0 Å². The van der Waals surface area contributed by atoms with Gasteiger partial charge in [-0.2, -0.15) is 0 Å². The number of alkyl halides is 2. The van der Waals surface area contributed by atoms with E-state index in [1.165, 1.54) is 12.1 Å². The zero-order valence-corrected chi connectivity index (χ0v) is 11.6. The third kappa shape index (κ3) is 4.19. The number of carbonyl (C=O) groups excluding carboxylic acids is 1. The van der Waals surface area contributed by atoms with Crippen LogP contribution in [0.2, 0.25) is 5.02 Å². The minimum Gasteiger partial charge on any atom is -0.395 e. The van der Waals surface area contributed by atoms with E-state index in [-0.39, 0.29) is 23.7 Å². The van der Waals surface area contributed by atoms with Crippen LogP contribution in [-0.2, 0) is 0 Å². The molecule has 3 nitrogen and oxygen atoms in total. The van der Waals surface area contributed by atoms with Crippen molar-refractivity contribution in [3.63, 3.8) is 0 Å². The number of amides is 1. The number of nitrogens with zero attached hydrogens (tertiary/aromatic N) is 1. The van der Waals surface area contributed by atoms with Gasteiger partial charge in [-0.15, -0.1) is 0 Å². The van der Waals surface area contributed by atoms with Gasteiger partial charge in [-0.3, -0.25) is 4.79 Å². The van der Waals surface area contributed by atoms with Gasteiger partial charge in [0.15, 0.2) is 0 Å². The summed E-state index contributed by atoms with van der Waals surface area (Å²) < 4.78 is 25.4. The molecule has 0 radical (unpaired) electrons. The SMILES string of the molecule is O=C(c1ccc(Br)cc1Cl)N(CCO)CC(F)F. The molecule has 18 heavy (non-hydrogen) atoms. The Morgan fingerprint density at radius 3 is 2.67 bits per heavy atom. The molecule has 0 bridgehead atoms. The molecule has 0 aliphatic heterocycles. The van der Waals surface area contributed by atoms with Gasteiger partial charge in [-0.05, 0) is 18.2 Å². The Balaban J connectivity index is 2.94. The summed E-state index contributed by atoms with van der Waals surface area (Å²) in [6.45, 7) is -1.27. The van der Waals surface area contributed by atoms with E-state index >= 15 is 0 Å². The fourth-order valence-corrected chi connectivity index (χ4v) is 2.15. The quantitative estimate of drug-likeness (QED) is 0.894. The van der Waals surface area contributed by atoms with E-state index in [4.69, 9.17) is 16.7 Å². The molecule has 0 aromatic heterocycles. The lowest BCUT2D eigenvalue weighted by Gasteiger charge is -2.21. The molecular formula is C11H11BrClF2NO2. The summed E-state index contributed by atoms with van der Waals surface area (Å²) in [6, 6.07) is 4.55. The molecule has 0 aliphatic rings. The van der Waals surface area contributed by atoms with Crippen molar-refractivity contribution in [3.05, 3.63) is 33.3 Å². The number of rotatable bonds is 5. The van der Waals surface area contributed by atoms with E-state index in [0.717, 1.165) is 4.90 Å². The monoisotopic (exact) mass is 341 g/mol. The van der Waals surface area contributed by atoms with Gasteiger partial charge in [-0.25, -0.2) is 8.78 Å². The van der Waals surface area contributed by atoms with Crippen molar-refractivity contribution in [1.82, 2.24) is 4.90 Å². The Kier molecular flexibility index (Phi) is 5.98. The molecule has 1 amide bonds. The lowest BCUT2D eigenvalue weighted by Crippen LogP contribution is -2.37. The lowest BCUT2D eigenvalue weighted by molar-refractivity contribution is 0.0509. The Labute approximate surface area is 116 Å². The Morgan fingerprint density at radius 2 is 2.17 bits per heavy atom. The molecule has 0 fully saturated rings. The standard InChI is InChI=1S/C11H11BrClF2NO2/c12-7-1-2-8(9(13)5-7)11(18)16(3-4-17)6-10(14)15/h1-2,5,10,17H,3-4,6H2. The normalized spacial score (nSPS) is 10.8. The fraction of sp³-hybridized carbons (Fsp3) is 0.364. The van der Waals surface area contributed by atoms with Crippen molar-refractivity contribution in [1.29, 1.82) is 0 Å². The van der Waals surface area contributed by atoms with Crippen LogP contribution in [0, 0.1) is 0 Å². The first-order valence-corrected chi connectivity index (χ1v) is 6.26. The minimum absolute atomic E-state index is 0.133. The van der Waals surface area contributed by atoms with E-state index in [9.17, 15) is 13.6 Å². The third-order valence-corrected chi connectivity index (χ3v) is 2.98. The number of benzene rings is 1. The first kappa shape index (κ1) is 15.3. The van der Waals surface area contributed by atoms with Crippen LogP contribution in [0.25, 0.3) is 0 Å². The van der Waals surface area contributed by atoms with Gasteiger partial charge < -0.3 is 10.0 Å². The highest BCUT2D eigenvalue weighted by atomic mass is 79.9. The van der Waals surface area contributed by atoms with Crippen LogP contribution in [0.15, 0.2) is 22.7 Å². The second-order valence-corrected chi connectivity index (χ2v) is 4.81. The highest BCUT2D eigenvalue weighted by Crippen LogP contribution is 2.22. The summed E-state index contributed by atoms with van der Waals surface area (Å²) in [4.78, 5) is 12.9. The molecule has 0 unspecified atom stereocenters. The van der Waals surface area contributed by atoms with Crippen molar-refractivity contribution >= 4 is 33.4 Å². The lowest BCUT2D eigenvalue weighted by atomic mass is 10.2. The maximum absolute atomic E-state index is 12.3. The highest BCUT2D eigenvalue weighted by Gasteiger charge is 2.21. The molecule has 0 saturated carbocycles. The van der Waals surface area contributed by atoms with Gasteiger partial charge in [0.2, 0.25) is 0 Å². The van der Waals surface area contributed by atoms with Crippen molar-refractivity contribution in [2.24, 2.45) is 0 Å². The second kappa shape index (κ2) is 7.01. The average Bonchev–Trinajstić information content (AvgIpc) is 2.27. The van der Waals surface area contributed by atoms with Crippen LogP contribution < -0.4 is 0 Å². The van der Waals surface area contributed by atoms with Crippen molar-refractivity contribution in [2.45, 2.75) is 6.43 Å². The smallest absolute Gasteiger partial charge is 0.255 e. The summed E-state index contributed by atoms with van der Waals surface area (Å²) in [5.74, 6) is -0.623. The number of aliphatic hydroxyl groups is 1. The molecule has 0 heterocycles. The van der Waals surface area contributed by atoms with Crippen molar-refractivity contribution in [2.75, 3.05) is 19.7 Å². The first-order chi connectivity index (χ1) is 8.45. The van der Waals surface area contributed by atoms with Gasteiger partial charge in [0, 0.05) is 11.0 Å². The minimum atomic E-state index is -2.66. The zero-order chi connectivity index (χ0) is 13.7. The molecule has 0 saturated heterocycles. The molecule has 1 aromatic carbocycles. The van der Waals surface area contributed by atoms with E-state index in [1.54, 1.807) is 6.07 Å². The largest absolute Gasteiger partial charge is 0.395 e. The summed E-state index contributed by atoms with van der Waals surface area (Å²) in [6.07, 6.45) is -2.66. The van der Waals surface area contributed by atoms with Crippen LogP contribution in [0.1, 0.15) is 10.4 Å². The summed E-state index contributed by atoms with van der Waals surface area (Å²) in [5.41, 5.74) is 0.133. The molecule has 1 N–H and O–H groups in total. The summed E-state index contributed by atoms with van der Waals surface area (Å²) >= 11 is 9.06. The highest BCUT2D eigenvalue weighted by molar-refractivity contribution is 9.10. The van der Waals surface area contributed by atoms with E-state index in [2.05, 4.69) is 15.9 Å². The van der Waals surface area contributed by atoms with Gasteiger partial charge in [0.1, 0.15) is 0 Å². The number of aliphatic hydroxyl groups excluding tert-OH is 1. The van der Waals surface area contributed by atoms with Crippen LogP contribution >= 0.6 is 27.5 Å². The number of hydrogen-bond acceptors (Lipinski definition) is 2. The topological polar surface area (TPSA) is 40.5 Å². The third-order valence-electron chi connectivity index (χ3n) is 2.18. The number of halogens is 4. The molecular weight excluding hydrogens is 331 g/mol. The van der Waals surface area contributed by atoms with Gasteiger partial charge in [0.25, 0.3) is 12.3 Å². The zero-order valence-electron chi connectivity index (χ0n) is 9.25. The first-order valence-electron chi connectivity index (χ1n) is 5.09. The molecule has 0 spiro atoms. The molecule has 1 aromatic rings. The maximum Gasteiger partial charge on any atom is 0.255 e. The maximum atomic E-state index is 12.3. The number of carbonyl (C=O) groups is 1. The molecule has 1 rings (SSSR count). The van der Waals surface area contributed by atoms with Crippen molar-refractivity contribution < 1.29 is 18.7 Å². The predicted molar refractivity (Wildman–Crippen MR) is 68.1 cm³/mol. The fourth-order valence-electron chi connectivity index (χ4n) is 1.40. The van der Waals surface area contributed by atoms with E-state index in [0.29, 0.717) is 4.47 Å². The second-order valence-electron chi connectivity index (χ2n) is 3.49. The van der Waals surface area contributed by atoms with Crippen LogP contribution in [0.4, 0.5) is 8.78 Å². The number of hydrogen-bond donors (Lipinski definition) is 1. The Hall–Kier alpha value is -0.720. The predicted octanol–water partition coefficient (Wildman–Crippen LogP) is 2.80. The molecule has 7 heteroatoms. The van der Waals surface area contributed by atoms with Gasteiger partial charge in [0.05, 0.1) is 23.7 Å². The average molecular weight is 343 g/mol. The van der Waals surface area contributed by atoms with Crippen LogP contribution in [0.5, 0.6) is 0 Å². The van der Waals surface area contributed by atoms with Gasteiger partial charge in [-0.1, -0.05) is 27.5 Å². The summed E-state index contributed by atoms with van der Waals surface area (Å²) in [7, 11) is 0. The van der Waals surface area contributed by atoms with Crippen LogP contribution in [-0.4, -0.2) is 42.0 Å². The van der Waals surface area contributed by atoms with Crippen molar-refractivity contribution in [3.8, 4) is 0 Å². The van der Waals surface area contributed by atoms with E-state index < -0.39 is 18.9 Å². The summed E-state index contributed by atoms with van der Waals surface area (Å²) in [5, 5.41) is 8.95. The Morgan fingerprint density at radius 1 is 1.50 bits per heavy atom. The Bertz CT molecular complexity index is 432. The van der Waals surface area contributed by atoms with E-state index in [1.807, 2.05) is 0 Å². The van der Waals surface area contributed by atoms with Gasteiger partial charge >= 0.3 is 0 Å². The molecule has 0 atom stereocenters. The molecule has 0 aliphatic carbocycles. The molecule has 100 valence electrons.